The summed E-state index contributed by atoms with van der Waals surface area (Å²) in [5.41, 5.74) is 19.9. The van der Waals surface area contributed by atoms with Gasteiger partial charge in [-0.2, -0.15) is 0 Å². The molecule has 1 amide bonds. The molecule has 0 radical (unpaired) electrons. The molecule has 6 nitrogen and oxygen atoms in total. The lowest BCUT2D eigenvalue weighted by molar-refractivity contribution is 0.100. The lowest BCUT2D eigenvalue weighted by atomic mass is 9.88. The first-order valence-electron chi connectivity index (χ1n) is 6.92. The second kappa shape index (κ2) is 5.78. The minimum absolute atomic E-state index is 0.109. The molecule has 7 N–H and O–H groups in total. The average molecular weight is 315 g/mol. The van der Waals surface area contributed by atoms with E-state index >= 15 is 0 Å². The fourth-order valence-electron chi connectivity index (χ4n) is 2.62. The zero-order chi connectivity index (χ0) is 15.7. The Hall–Kier alpha value is -2.38. The van der Waals surface area contributed by atoms with Gasteiger partial charge in [-0.05, 0) is 30.5 Å². The first-order valence-corrected chi connectivity index (χ1v) is 7.74. The topological polar surface area (TPSA) is 120 Å². The lowest BCUT2D eigenvalue weighted by Crippen LogP contribution is -2.27. The molecule has 22 heavy (non-hydrogen) atoms. The highest BCUT2D eigenvalue weighted by Crippen LogP contribution is 2.41. The maximum Gasteiger partial charge on any atom is 0.251 e. The van der Waals surface area contributed by atoms with Crippen molar-refractivity contribution >= 4 is 33.6 Å². The number of primary amides is 1. The Morgan fingerprint density at radius 2 is 2.27 bits per heavy atom. The summed E-state index contributed by atoms with van der Waals surface area (Å²) in [6.07, 6.45) is 5.01. The molecule has 1 atom stereocenters. The Bertz CT molecular complexity index is 738. The molecule has 0 fully saturated rings. The lowest BCUT2D eigenvalue weighted by Gasteiger charge is -2.22. The molecule has 0 saturated heterocycles. The maximum atomic E-state index is 11.6. The third kappa shape index (κ3) is 2.56. The van der Waals surface area contributed by atoms with Crippen LogP contribution in [0.5, 0.6) is 0 Å². The largest absolute Gasteiger partial charge is 0.390 e. The standard InChI is InChI=1S/C15H17N5OS/c16-10-5-4-8-12(14(17)21)15(18)22-13(8)9(10)7-20-11-3-1-2-6-19-11/h1-3,6-7,10H,4-5,16,18H2,(H2,17,21)(H,19,20)/b9-7+. The van der Waals surface area contributed by atoms with E-state index in [-0.39, 0.29) is 6.04 Å². The van der Waals surface area contributed by atoms with E-state index in [9.17, 15) is 4.79 Å². The summed E-state index contributed by atoms with van der Waals surface area (Å²) in [6.45, 7) is 0. The highest BCUT2D eigenvalue weighted by atomic mass is 32.1. The van der Waals surface area contributed by atoms with Crippen LogP contribution >= 0.6 is 11.3 Å². The Balaban J connectivity index is 1.99. The van der Waals surface area contributed by atoms with E-state index in [0.717, 1.165) is 28.3 Å². The molecular formula is C15H17N5OS. The molecule has 7 heteroatoms. The first-order chi connectivity index (χ1) is 10.6. The quantitative estimate of drug-likeness (QED) is 0.685. The molecule has 0 bridgehead atoms. The van der Waals surface area contributed by atoms with Crippen molar-refractivity contribution in [3.8, 4) is 0 Å². The molecule has 3 rings (SSSR count). The number of carbonyl (C=O) groups is 1. The van der Waals surface area contributed by atoms with Crippen LogP contribution in [0.2, 0.25) is 0 Å². The van der Waals surface area contributed by atoms with Crippen molar-refractivity contribution in [2.45, 2.75) is 18.9 Å². The molecule has 0 aromatic carbocycles. The van der Waals surface area contributed by atoms with Crippen molar-refractivity contribution in [3.05, 3.63) is 46.6 Å². The predicted molar refractivity (Wildman–Crippen MR) is 89.4 cm³/mol. The number of rotatable bonds is 3. The van der Waals surface area contributed by atoms with Gasteiger partial charge in [0.1, 0.15) is 5.82 Å². The van der Waals surface area contributed by atoms with Crippen molar-refractivity contribution in [2.24, 2.45) is 11.5 Å². The SMILES string of the molecule is NC(=O)c1c(N)sc2c1CCC(N)/C2=C\Nc1ccccn1. The molecular weight excluding hydrogens is 298 g/mol. The number of nitrogens with zero attached hydrogens (tertiary/aromatic N) is 1. The maximum absolute atomic E-state index is 11.6. The van der Waals surface area contributed by atoms with Gasteiger partial charge in [-0.3, -0.25) is 4.79 Å². The number of hydrogen-bond donors (Lipinski definition) is 4. The van der Waals surface area contributed by atoms with Crippen LogP contribution in [0.4, 0.5) is 10.8 Å². The normalized spacial score (nSPS) is 19.0. The van der Waals surface area contributed by atoms with Gasteiger partial charge in [0.15, 0.2) is 0 Å². The van der Waals surface area contributed by atoms with Crippen LogP contribution < -0.4 is 22.5 Å². The van der Waals surface area contributed by atoms with E-state index in [0.29, 0.717) is 17.0 Å². The van der Waals surface area contributed by atoms with Gasteiger partial charge in [-0.1, -0.05) is 6.07 Å². The third-order valence-corrected chi connectivity index (χ3v) is 4.80. The molecule has 0 aliphatic heterocycles. The number of thiophene rings is 1. The Morgan fingerprint density at radius 1 is 1.45 bits per heavy atom. The van der Waals surface area contributed by atoms with Crippen LogP contribution in [-0.4, -0.2) is 16.9 Å². The Labute approximate surface area is 132 Å². The van der Waals surface area contributed by atoms with E-state index in [1.165, 1.54) is 11.3 Å². The van der Waals surface area contributed by atoms with Gasteiger partial charge in [0, 0.05) is 28.9 Å². The molecule has 1 aliphatic carbocycles. The molecule has 0 saturated carbocycles. The van der Waals surface area contributed by atoms with Gasteiger partial charge >= 0.3 is 0 Å². The smallest absolute Gasteiger partial charge is 0.251 e. The molecule has 0 spiro atoms. The summed E-state index contributed by atoms with van der Waals surface area (Å²) < 4.78 is 0. The van der Waals surface area contributed by atoms with Crippen molar-refractivity contribution in [3.63, 3.8) is 0 Å². The van der Waals surface area contributed by atoms with Gasteiger partial charge in [0.2, 0.25) is 0 Å². The van der Waals surface area contributed by atoms with Crippen LogP contribution in [0, 0.1) is 0 Å². The number of hydrogen-bond acceptors (Lipinski definition) is 6. The molecule has 1 unspecified atom stereocenters. The number of nitrogens with one attached hydrogen (secondary N) is 1. The van der Waals surface area contributed by atoms with Crippen molar-refractivity contribution in [2.75, 3.05) is 11.1 Å². The highest BCUT2D eigenvalue weighted by Gasteiger charge is 2.29. The molecule has 2 aromatic heterocycles. The number of nitrogen functional groups attached to an aromatic ring is 1. The van der Waals surface area contributed by atoms with E-state index < -0.39 is 5.91 Å². The Morgan fingerprint density at radius 3 is 2.95 bits per heavy atom. The molecule has 2 aromatic rings. The minimum atomic E-state index is -0.484. The van der Waals surface area contributed by atoms with Gasteiger partial charge in [0.25, 0.3) is 5.91 Å². The Kier molecular flexibility index (Phi) is 3.82. The minimum Gasteiger partial charge on any atom is -0.390 e. The second-order valence-electron chi connectivity index (χ2n) is 5.12. The number of anilines is 2. The van der Waals surface area contributed by atoms with Gasteiger partial charge < -0.3 is 22.5 Å². The third-order valence-electron chi connectivity index (χ3n) is 3.69. The zero-order valence-corrected chi connectivity index (χ0v) is 12.7. The number of carbonyl (C=O) groups excluding carboxylic acids is 1. The summed E-state index contributed by atoms with van der Waals surface area (Å²) in [5.74, 6) is 0.247. The van der Waals surface area contributed by atoms with E-state index in [2.05, 4.69) is 10.3 Å². The van der Waals surface area contributed by atoms with Gasteiger partial charge in [-0.15, -0.1) is 11.3 Å². The zero-order valence-electron chi connectivity index (χ0n) is 11.9. The fourth-order valence-corrected chi connectivity index (χ4v) is 3.82. The van der Waals surface area contributed by atoms with Crippen LogP contribution in [0.15, 0.2) is 30.6 Å². The summed E-state index contributed by atoms with van der Waals surface area (Å²) >= 11 is 1.36. The van der Waals surface area contributed by atoms with E-state index in [4.69, 9.17) is 17.2 Å². The number of fused-ring (bicyclic) bond motifs is 1. The van der Waals surface area contributed by atoms with Crippen molar-refractivity contribution < 1.29 is 4.79 Å². The second-order valence-corrected chi connectivity index (χ2v) is 6.17. The number of amides is 1. The average Bonchev–Trinajstić information content (AvgIpc) is 2.83. The molecule has 1 aliphatic rings. The van der Waals surface area contributed by atoms with Crippen molar-refractivity contribution in [1.82, 2.24) is 4.98 Å². The predicted octanol–water partition coefficient (Wildman–Crippen LogP) is 1.55. The van der Waals surface area contributed by atoms with Crippen LogP contribution in [-0.2, 0) is 6.42 Å². The number of pyridine rings is 1. The van der Waals surface area contributed by atoms with Crippen LogP contribution in [0.1, 0.15) is 27.2 Å². The molecule has 114 valence electrons. The summed E-state index contributed by atoms with van der Waals surface area (Å²) in [4.78, 5) is 16.7. The van der Waals surface area contributed by atoms with E-state index in [1.807, 2.05) is 24.4 Å². The first kappa shape index (κ1) is 14.6. The fraction of sp³-hybridized carbons (Fsp3) is 0.200. The summed E-state index contributed by atoms with van der Waals surface area (Å²) in [5, 5.41) is 3.59. The number of aromatic nitrogens is 1. The molecule has 2 heterocycles. The van der Waals surface area contributed by atoms with Crippen LogP contribution in [0.25, 0.3) is 5.57 Å². The van der Waals surface area contributed by atoms with Gasteiger partial charge in [-0.25, -0.2) is 4.98 Å². The number of nitrogens with two attached hydrogens (primary N) is 3. The van der Waals surface area contributed by atoms with E-state index in [1.54, 1.807) is 6.20 Å². The highest BCUT2D eigenvalue weighted by molar-refractivity contribution is 7.17. The van der Waals surface area contributed by atoms with Gasteiger partial charge in [0.05, 0.1) is 10.6 Å². The summed E-state index contributed by atoms with van der Waals surface area (Å²) in [6, 6.07) is 5.50. The summed E-state index contributed by atoms with van der Waals surface area (Å²) in [7, 11) is 0. The van der Waals surface area contributed by atoms with Crippen molar-refractivity contribution in [1.29, 1.82) is 0 Å². The van der Waals surface area contributed by atoms with Crippen LogP contribution in [0.3, 0.4) is 0 Å². The monoisotopic (exact) mass is 315 g/mol.